The molecule has 1 aromatic carbocycles. The number of rotatable bonds is 8. The number of hydrogen-bond donors (Lipinski definition) is 2. The summed E-state index contributed by atoms with van der Waals surface area (Å²) in [6.07, 6.45) is 0. The minimum atomic E-state index is -3.46. The van der Waals surface area contributed by atoms with Crippen LogP contribution < -0.4 is 10.2 Å². The third-order valence-corrected chi connectivity index (χ3v) is 7.15. The molecular weight excluding hydrogens is 380 g/mol. The predicted molar refractivity (Wildman–Crippen MR) is 106 cm³/mol. The molecule has 1 heterocycles. The van der Waals surface area contributed by atoms with E-state index < -0.39 is 10.0 Å². The van der Waals surface area contributed by atoms with Crippen LogP contribution in [0.5, 0.6) is 0 Å². The normalized spacial score (nSPS) is 15.6. The molecule has 0 saturated carbocycles. The van der Waals surface area contributed by atoms with Crippen molar-refractivity contribution < 1.29 is 22.9 Å². The molecule has 0 radical (unpaired) electrons. The molecule has 0 bridgehead atoms. The lowest BCUT2D eigenvalue weighted by atomic mass is 10.2. The Balaban J connectivity index is 1.83. The summed E-state index contributed by atoms with van der Waals surface area (Å²) >= 11 is 0. The fraction of sp³-hybridized carbons (Fsp3) is 0.579. The van der Waals surface area contributed by atoms with Gasteiger partial charge in [0.25, 0.3) is 5.91 Å². The number of carbonyl (C=O) groups excluding carboxylic acids is 2. The minimum Gasteiger partial charge on any atom is -0.347 e. The molecule has 9 heteroatoms. The highest BCUT2D eigenvalue weighted by molar-refractivity contribution is 7.89. The molecule has 28 heavy (non-hydrogen) atoms. The second kappa shape index (κ2) is 9.99. The fourth-order valence-corrected chi connectivity index (χ4v) is 4.75. The molecule has 2 amide bonds. The van der Waals surface area contributed by atoms with Crippen LogP contribution in [0.15, 0.2) is 29.2 Å². The van der Waals surface area contributed by atoms with E-state index >= 15 is 0 Å². The van der Waals surface area contributed by atoms with E-state index in [9.17, 15) is 18.0 Å². The molecule has 0 unspecified atom stereocenters. The SMILES string of the molecule is CCN(CC)S(=O)(=O)c1ccc(CNC(=O)C[NH+]2CCN(C(C)=O)CC2)cc1. The molecule has 8 nitrogen and oxygen atoms in total. The van der Waals surface area contributed by atoms with Gasteiger partial charge >= 0.3 is 0 Å². The summed E-state index contributed by atoms with van der Waals surface area (Å²) in [7, 11) is -3.46. The second-order valence-electron chi connectivity index (χ2n) is 6.94. The largest absolute Gasteiger partial charge is 0.347 e. The Morgan fingerprint density at radius 3 is 2.18 bits per heavy atom. The van der Waals surface area contributed by atoms with Crippen LogP contribution in [0.25, 0.3) is 0 Å². The van der Waals surface area contributed by atoms with Crippen molar-refractivity contribution in [2.75, 3.05) is 45.8 Å². The smallest absolute Gasteiger partial charge is 0.275 e. The number of sulfonamides is 1. The van der Waals surface area contributed by atoms with Gasteiger partial charge in [-0.05, 0) is 17.7 Å². The van der Waals surface area contributed by atoms with Crippen molar-refractivity contribution >= 4 is 21.8 Å². The zero-order valence-electron chi connectivity index (χ0n) is 16.9. The molecule has 0 aromatic heterocycles. The van der Waals surface area contributed by atoms with E-state index in [1.54, 1.807) is 36.1 Å². The first-order chi connectivity index (χ1) is 13.3. The molecule has 1 saturated heterocycles. The van der Waals surface area contributed by atoms with Gasteiger partial charge in [0.1, 0.15) is 0 Å². The number of nitrogens with zero attached hydrogens (tertiary/aromatic N) is 2. The van der Waals surface area contributed by atoms with E-state index in [0.717, 1.165) is 23.6 Å². The van der Waals surface area contributed by atoms with Gasteiger partial charge in [0.2, 0.25) is 15.9 Å². The highest BCUT2D eigenvalue weighted by Gasteiger charge is 2.23. The minimum absolute atomic E-state index is 0.0499. The first kappa shape index (κ1) is 22.3. The van der Waals surface area contributed by atoms with E-state index in [0.29, 0.717) is 39.3 Å². The van der Waals surface area contributed by atoms with E-state index in [1.165, 1.54) is 4.31 Å². The summed E-state index contributed by atoms with van der Waals surface area (Å²) in [6.45, 7) is 9.68. The van der Waals surface area contributed by atoms with E-state index in [4.69, 9.17) is 0 Å². The zero-order valence-corrected chi connectivity index (χ0v) is 17.7. The monoisotopic (exact) mass is 411 g/mol. The van der Waals surface area contributed by atoms with Crippen molar-refractivity contribution in [2.24, 2.45) is 0 Å². The molecule has 1 aromatic rings. The van der Waals surface area contributed by atoms with Crippen molar-refractivity contribution in [3.63, 3.8) is 0 Å². The van der Waals surface area contributed by atoms with Crippen LogP contribution in [0.4, 0.5) is 0 Å². The van der Waals surface area contributed by atoms with Gasteiger partial charge in [-0.15, -0.1) is 0 Å². The quantitative estimate of drug-likeness (QED) is 0.579. The van der Waals surface area contributed by atoms with Crippen molar-refractivity contribution in [2.45, 2.75) is 32.2 Å². The number of carbonyl (C=O) groups is 2. The summed E-state index contributed by atoms with van der Waals surface area (Å²) < 4.78 is 26.4. The van der Waals surface area contributed by atoms with Crippen LogP contribution in [0.2, 0.25) is 0 Å². The van der Waals surface area contributed by atoms with Gasteiger partial charge in [0, 0.05) is 26.6 Å². The molecule has 0 aliphatic carbocycles. The lowest BCUT2D eigenvalue weighted by molar-refractivity contribution is -0.896. The molecule has 1 fully saturated rings. The molecular formula is C19H31N4O4S+. The van der Waals surface area contributed by atoms with Crippen molar-refractivity contribution in [1.29, 1.82) is 0 Å². The van der Waals surface area contributed by atoms with E-state index in [2.05, 4.69) is 5.32 Å². The number of quaternary nitrogens is 1. The third-order valence-electron chi connectivity index (χ3n) is 5.08. The average molecular weight is 412 g/mol. The molecule has 1 aliphatic rings. The van der Waals surface area contributed by atoms with Gasteiger partial charge in [-0.3, -0.25) is 9.59 Å². The lowest BCUT2D eigenvalue weighted by Gasteiger charge is -2.31. The number of piperazine rings is 1. The maximum Gasteiger partial charge on any atom is 0.275 e. The average Bonchev–Trinajstić information content (AvgIpc) is 2.68. The summed E-state index contributed by atoms with van der Waals surface area (Å²) in [5.41, 5.74) is 0.850. The third kappa shape index (κ3) is 5.76. The highest BCUT2D eigenvalue weighted by Crippen LogP contribution is 2.16. The lowest BCUT2D eigenvalue weighted by Crippen LogP contribution is -3.15. The predicted octanol–water partition coefficient (Wildman–Crippen LogP) is -0.920. The maximum atomic E-state index is 12.5. The standard InChI is InChI=1S/C19H30N4O4S/c1-4-23(5-2)28(26,27)18-8-6-17(7-9-18)14-20-19(25)15-21-10-12-22(13-11-21)16(3)24/h6-9H,4-5,10-15H2,1-3H3,(H,20,25)/p+1. The van der Waals surface area contributed by atoms with Crippen LogP contribution in [0.1, 0.15) is 26.3 Å². The van der Waals surface area contributed by atoms with Gasteiger partial charge in [0.15, 0.2) is 6.54 Å². The number of hydrogen-bond acceptors (Lipinski definition) is 4. The van der Waals surface area contributed by atoms with Crippen molar-refractivity contribution in [3.05, 3.63) is 29.8 Å². The molecule has 0 atom stereocenters. The molecule has 1 aliphatic heterocycles. The Hall–Kier alpha value is -1.97. The van der Waals surface area contributed by atoms with Crippen LogP contribution in [0.3, 0.4) is 0 Å². The fourth-order valence-electron chi connectivity index (χ4n) is 3.30. The second-order valence-corrected chi connectivity index (χ2v) is 8.88. The van der Waals surface area contributed by atoms with Crippen LogP contribution in [-0.4, -0.2) is 75.3 Å². The van der Waals surface area contributed by atoms with E-state index in [1.807, 2.05) is 13.8 Å². The van der Waals surface area contributed by atoms with Gasteiger partial charge in [-0.1, -0.05) is 26.0 Å². The Bertz CT molecular complexity index is 768. The summed E-state index contributed by atoms with van der Waals surface area (Å²) in [4.78, 5) is 26.7. The maximum absolute atomic E-state index is 12.5. The number of amides is 2. The Labute approximate surface area is 167 Å². The zero-order chi connectivity index (χ0) is 20.7. The first-order valence-corrected chi connectivity index (χ1v) is 11.2. The number of benzene rings is 1. The Morgan fingerprint density at radius 1 is 1.11 bits per heavy atom. The summed E-state index contributed by atoms with van der Waals surface area (Å²) in [6, 6.07) is 6.63. The topological polar surface area (TPSA) is 91.2 Å². The van der Waals surface area contributed by atoms with Crippen LogP contribution >= 0.6 is 0 Å². The Kier molecular flexibility index (Phi) is 7.97. The molecule has 2 N–H and O–H groups in total. The first-order valence-electron chi connectivity index (χ1n) is 9.72. The molecule has 2 rings (SSSR count). The van der Waals surface area contributed by atoms with Gasteiger partial charge in [0.05, 0.1) is 31.1 Å². The van der Waals surface area contributed by atoms with Gasteiger partial charge in [-0.2, -0.15) is 4.31 Å². The molecule has 156 valence electrons. The highest BCUT2D eigenvalue weighted by atomic mass is 32.2. The van der Waals surface area contributed by atoms with Crippen molar-refractivity contribution in [3.8, 4) is 0 Å². The van der Waals surface area contributed by atoms with Gasteiger partial charge < -0.3 is 15.1 Å². The van der Waals surface area contributed by atoms with Crippen LogP contribution in [-0.2, 0) is 26.2 Å². The van der Waals surface area contributed by atoms with Crippen LogP contribution in [0, 0.1) is 0 Å². The van der Waals surface area contributed by atoms with Crippen molar-refractivity contribution in [1.82, 2.24) is 14.5 Å². The van der Waals surface area contributed by atoms with Gasteiger partial charge in [-0.25, -0.2) is 8.42 Å². The summed E-state index contributed by atoms with van der Waals surface area (Å²) in [5.74, 6) is 0.0288. The Morgan fingerprint density at radius 2 is 1.68 bits per heavy atom. The van der Waals surface area contributed by atoms with E-state index in [-0.39, 0.29) is 16.7 Å². The molecule has 0 spiro atoms. The summed E-state index contributed by atoms with van der Waals surface area (Å²) in [5, 5.41) is 2.88. The number of nitrogens with one attached hydrogen (secondary N) is 2.